The predicted octanol–water partition coefficient (Wildman–Crippen LogP) is 4.12. The molecule has 0 bridgehead atoms. The molecule has 1 atom stereocenters. The highest BCUT2D eigenvalue weighted by atomic mass is 35.5. The number of H-pyrrole nitrogens is 1. The summed E-state index contributed by atoms with van der Waals surface area (Å²) < 4.78 is 0. The van der Waals surface area contributed by atoms with Crippen LogP contribution >= 0.6 is 23.4 Å². The Bertz CT molecular complexity index is 964. The van der Waals surface area contributed by atoms with E-state index in [2.05, 4.69) is 26.6 Å². The molecule has 8 heteroatoms. The topological polar surface area (TPSA) is 94.5 Å². The van der Waals surface area contributed by atoms with Gasteiger partial charge in [-0.1, -0.05) is 35.5 Å². The van der Waals surface area contributed by atoms with Gasteiger partial charge in [0.2, 0.25) is 11.1 Å². The maximum atomic E-state index is 12.4. The highest BCUT2D eigenvalue weighted by molar-refractivity contribution is 8.00. The molecule has 130 valence electrons. The van der Waals surface area contributed by atoms with E-state index in [9.17, 15) is 4.79 Å². The Hall–Kier alpha value is -2.82. The summed E-state index contributed by atoms with van der Waals surface area (Å²) in [6.07, 6.45) is 0. The second kappa shape index (κ2) is 8.04. The Morgan fingerprint density at radius 1 is 1.27 bits per heavy atom. The minimum absolute atomic E-state index is 0.226. The lowest BCUT2D eigenvalue weighted by atomic mass is 10.2. The number of carbonyl (C=O) groups excluding carboxylic acids is 1. The van der Waals surface area contributed by atoms with Gasteiger partial charge in [0.25, 0.3) is 0 Å². The van der Waals surface area contributed by atoms with Crippen molar-refractivity contribution in [2.45, 2.75) is 17.3 Å². The first-order valence-corrected chi connectivity index (χ1v) is 8.97. The summed E-state index contributed by atoms with van der Waals surface area (Å²) in [4.78, 5) is 16.8. The Morgan fingerprint density at radius 2 is 2.00 bits per heavy atom. The average molecular weight is 384 g/mol. The number of carbonyl (C=O) groups is 1. The number of anilines is 1. The van der Waals surface area contributed by atoms with Crippen LogP contribution in [0.5, 0.6) is 0 Å². The Morgan fingerprint density at radius 3 is 2.73 bits per heavy atom. The molecule has 6 nitrogen and oxygen atoms in total. The van der Waals surface area contributed by atoms with E-state index in [1.165, 1.54) is 11.8 Å². The van der Waals surface area contributed by atoms with Crippen LogP contribution in [0, 0.1) is 11.3 Å². The molecule has 0 aliphatic rings. The van der Waals surface area contributed by atoms with Gasteiger partial charge in [0.1, 0.15) is 6.07 Å². The summed E-state index contributed by atoms with van der Waals surface area (Å²) in [6, 6.07) is 16.1. The summed E-state index contributed by atoms with van der Waals surface area (Å²) in [5.41, 5.74) is 1.76. The monoisotopic (exact) mass is 383 g/mol. The van der Waals surface area contributed by atoms with E-state index in [4.69, 9.17) is 16.9 Å². The second-order valence-corrected chi connectivity index (χ2v) is 7.12. The molecule has 3 rings (SSSR count). The fraction of sp³-hybridized carbons (Fsp3) is 0.111. The fourth-order valence-electron chi connectivity index (χ4n) is 2.17. The highest BCUT2D eigenvalue weighted by Crippen LogP contribution is 2.24. The number of para-hydroxylation sites is 1. The number of hydrogen-bond acceptors (Lipinski definition) is 5. The van der Waals surface area contributed by atoms with Gasteiger partial charge in [0.15, 0.2) is 5.82 Å². The van der Waals surface area contributed by atoms with E-state index in [1.807, 2.05) is 12.1 Å². The summed E-state index contributed by atoms with van der Waals surface area (Å²) in [7, 11) is 0. The van der Waals surface area contributed by atoms with Crippen molar-refractivity contribution in [2.75, 3.05) is 5.32 Å². The van der Waals surface area contributed by atoms with Crippen molar-refractivity contribution >= 4 is 35.0 Å². The van der Waals surface area contributed by atoms with Crippen LogP contribution in [0.4, 0.5) is 5.69 Å². The van der Waals surface area contributed by atoms with Crippen LogP contribution in [0.3, 0.4) is 0 Å². The molecule has 0 unspecified atom stereocenters. The lowest BCUT2D eigenvalue weighted by Gasteiger charge is -2.11. The van der Waals surface area contributed by atoms with Crippen molar-refractivity contribution in [3.8, 4) is 17.5 Å². The summed E-state index contributed by atoms with van der Waals surface area (Å²) >= 11 is 7.11. The molecule has 1 amide bonds. The van der Waals surface area contributed by atoms with Crippen molar-refractivity contribution in [3.63, 3.8) is 0 Å². The number of nitrogens with zero attached hydrogens (tertiary/aromatic N) is 3. The minimum Gasteiger partial charge on any atom is -0.324 e. The van der Waals surface area contributed by atoms with Crippen molar-refractivity contribution in [1.82, 2.24) is 15.2 Å². The zero-order chi connectivity index (χ0) is 18.5. The summed E-state index contributed by atoms with van der Waals surface area (Å²) in [6.45, 7) is 1.76. The largest absolute Gasteiger partial charge is 0.324 e. The van der Waals surface area contributed by atoms with Crippen LogP contribution in [-0.2, 0) is 4.79 Å². The number of thioether (sulfide) groups is 1. The molecule has 3 aromatic rings. The third-order valence-corrected chi connectivity index (χ3v) is 4.75. The Labute approximate surface area is 159 Å². The molecule has 0 radical (unpaired) electrons. The molecular formula is C18H14ClN5OS. The molecular weight excluding hydrogens is 370 g/mol. The summed E-state index contributed by atoms with van der Waals surface area (Å²) in [5, 5.41) is 19.5. The quantitative estimate of drug-likeness (QED) is 0.646. The van der Waals surface area contributed by atoms with Gasteiger partial charge < -0.3 is 5.32 Å². The predicted molar refractivity (Wildman–Crippen MR) is 102 cm³/mol. The highest BCUT2D eigenvalue weighted by Gasteiger charge is 2.18. The van der Waals surface area contributed by atoms with Crippen LogP contribution in [0.2, 0.25) is 5.02 Å². The lowest BCUT2D eigenvalue weighted by molar-refractivity contribution is -0.115. The van der Waals surface area contributed by atoms with Crippen LogP contribution in [-0.4, -0.2) is 26.3 Å². The zero-order valence-electron chi connectivity index (χ0n) is 13.7. The number of nitriles is 1. The van der Waals surface area contributed by atoms with Gasteiger partial charge in [0, 0.05) is 10.6 Å². The Balaban J connectivity index is 1.66. The first-order valence-electron chi connectivity index (χ1n) is 7.72. The second-order valence-electron chi connectivity index (χ2n) is 5.38. The van der Waals surface area contributed by atoms with Crippen molar-refractivity contribution in [1.29, 1.82) is 5.26 Å². The number of halogens is 1. The molecule has 1 aromatic heterocycles. The maximum Gasteiger partial charge on any atom is 0.237 e. The van der Waals surface area contributed by atoms with E-state index >= 15 is 0 Å². The fourth-order valence-corrected chi connectivity index (χ4v) is 3.02. The van der Waals surface area contributed by atoms with Gasteiger partial charge in [-0.15, -0.1) is 5.10 Å². The van der Waals surface area contributed by atoms with Crippen molar-refractivity contribution < 1.29 is 4.79 Å². The molecule has 2 N–H and O–H groups in total. The molecule has 0 saturated heterocycles. The number of hydrogen-bond donors (Lipinski definition) is 2. The van der Waals surface area contributed by atoms with Gasteiger partial charge in [-0.3, -0.25) is 9.89 Å². The van der Waals surface area contributed by atoms with E-state index in [-0.39, 0.29) is 5.91 Å². The van der Waals surface area contributed by atoms with Crippen LogP contribution in [0.1, 0.15) is 12.5 Å². The SMILES string of the molecule is C[C@H](Sc1n[nH]c(-c2ccc(Cl)cc2)n1)C(=O)Nc1ccccc1C#N. The first kappa shape index (κ1) is 18.0. The minimum atomic E-state index is -0.435. The van der Waals surface area contributed by atoms with Gasteiger partial charge in [-0.2, -0.15) is 5.26 Å². The molecule has 0 aliphatic heterocycles. The molecule has 26 heavy (non-hydrogen) atoms. The maximum absolute atomic E-state index is 12.4. The van der Waals surface area contributed by atoms with Gasteiger partial charge in [-0.25, -0.2) is 4.98 Å². The smallest absolute Gasteiger partial charge is 0.237 e. The number of amides is 1. The normalized spacial score (nSPS) is 11.6. The zero-order valence-corrected chi connectivity index (χ0v) is 15.3. The number of aromatic nitrogens is 3. The molecule has 0 spiro atoms. The Kier molecular flexibility index (Phi) is 5.56. The van der Waals surface area contributed by atoms with E-state index in [0.717, 1.165) is 5.56 Å². The standard InChI is InChI=1S/C18H14ClN5OS/c1-11(17(25)21-15-5-3-2-4-13(15)10-20)26-18-22-16(23-24-18)12-6-8-14(19)9-7-12/h2-9,11H,1H3,(H,21,25)(H,22,23,24)/t11-/m0/s1. The number of rotatable bonds is 5. The van der Waals surface area contributed by atoms with Gasteiger partial charge in [-0.05, 0) is 43.3 Å². The van der Waals surface area contributed by atoms with Gasteiger partial charge >= 0.3 is 0 Å². The third-order valence-electron chi connectivity index (χ3n) is 3.54. The van der Waals surface area contributed by atoms with Crippen LogP contribution in [0.15, 0.2) is 53.7 Å². The molecule has 0 aliphatic carbocycles. The number of nitrogens with one attached hydrogen (secondary N) is 2. The number of aromatic amines is 1. The molecule has 1 heterocycles. The third kappa shape index (κ3) is 4.23. The van der Waals surface area contributed by atoms with Crippen molar-refractivity contribution in [3.05, 3.63) is 59.1 Å². The van der Waals surface area contributed by atoms with Gasteiger partial charge in [0.05, 0.1) is 16.5 Å². The number of benzene rings is 2. The lowest BCUT2D eigenvalue weighted by Crippen LogP contribution is -2.23. The first-order chi connectivity index (χ1) is 12.6. The van der Waals surface area contributed by atoms with E-state index < -0.39 is 5.25 Å². The van der Waals surface area contributed by atoms with Crippen LogP contribution in [0.25, 0.3) is 11.4 Å². The van der Waals surface area contributed by atoms with E-state index in [0.29, 0.717) is 27.3 Å². The molecule has 0 saturated carbocycles. The van der Waals surface area contributed by atoms with Crippen molar-refractivity contribution in [2.24, 2.45) is 0 Å². The average Bonchev–Trinajstić information content (AvgIpc) is 3.11. The van der Waals surface area contributed by atoms with E-state index in [1.54, 1.807) is 43.3 Å². The molecule has 0 fully saturated rings. The summed E-state index contributed by atoms with van der Waals surface area (Å²) in [5.74, 6) is 0.377. The molecule has 2 aromatic carbocycles. The van der Waals surface area contributed by atoms with Crippen LogP contribution < -0.4 is 5.32 Å².